The van der Waals surface area contributed by atoms with Crippen LogP contribution in [0.3, 0.4) is 0 Å². The lowest BCUT2D eigenvalue weighted by Crippen LogP contribution is -2.39. The van der Waals surface area contributed by atoms with Crippen LogP contribution in [0, 0.1) is 0 Å². The number of nitrogens with zero attached hydrogens (tertiary/aromatic N) is 2. The third-order valence-electron chi connectivity index (χ3n) is 4.76. The van der Waals surface area contributed by atoms with Crippen LogP contribution in [-0.2, 0) is 21.2 Å². The van der Waals surface area contributed by atoms with Gasteiger partial charge in [0, 0.05) is 0 Å². The summed E-state index contributed by atoms with van der Waals surface area (Å²) in [5.74, 6) is -0.254. The first kappa shape index (κ1) is 23.0. The number of hydrogen-bond donors (Lipinski definition) is 1. The molecule has 32 heavy (non-hydrogen) atoms. The normalized spacial score (nSPS) is 11.3. The smallest absolute Gasteiger partial charge is 0.264 e. The average Bonchev–Trinajstić information content (AvgIpc) is 2.83. The van der Waals surface area contributed by atoms with Crippen LogP contribution in [0.2, 0.25) is 0 Å². The molecule has 0 atom stereocenters. The summed E-state index contributed by atoms with van der Waals surface area (Å²) in [5, 5.41) is 3.96. The zero-order valence-electron chi connectivity index (χ0n) is 17.9. The summed E-state index contributed by atoms with van der Waals surface area (Å²) >= 11 is 0. The minimum atomic E-state index is -4.03. The number of benzene rings is 3. The highest BCUT2D eigenvalue weighted by atomic mass is 32.2. The Hall–Kier alpha value is -3.65. The quantitative estimate of drug-likeness (QED) is 0.398. The molecule has 0 unspecified atom stereocenters. The fourth-order valence-corrected chi connectivity index (χ4v) is 4.49. The van der Waals surface area contributed by atoms with Gasteiger partial charge in [-0.15, -0.1) is 0 Å². The van der Waals surface area contributed by atoms with Crippen molar-refractivity contribution in [2.75, 3.05) is 18.0 Å². The van der Waals surface area contributed by atoms with Crippen molar-refractivity contribution in [1.29, 1.82) is 0 Å². The Labute approximate surface area is 188 Å². The molecule has 1 amide bonds. The van der Waals surface area contributed by atoms with E-state index in [2.05, 4.69) is 17.5 Å². The Bertz CT molecular complexity index is 1180. The molecule has 0 radical (unpaired) electrons. The van der Waals surface area contributed by atoms with Crippen LogP contribution in [0.15, 0.2) is 88.9 Å². The van der Waals surface area contributed by atoms with Crippen LogP contribution in [0.25, 0.3) is 0 Å². The molecule has 0 spiro atoms. The van der Waals surface area contributed by atoms with Gasteiger partial charge in [0.1, 0.15) is 12.3 Å². The van der Waals surface area contributed by atoms with Crippen LogP contribution in [0.1, 0.15) is 18.1 Å². The number of nitrogens with one attached hydrogen (secondary N) is 1. The van der Waals surface area contributed by atoms with Gasteiger partial charge in [-0.05, 0) is 41.8 Å². The number of carbonyl (C=O) groups is 1. The van der Waals surface area contributed by atoms with Gasteiger partial charge >= 0.3 is 0 Å². The number of ether oxygens (including phenoxy) is 1. The highest BCUT2D eigenvalue weighted by molar-refractivity contribution is 7.92. The van der Waals surface area contributed by atoms with Crippen LogP contribution in [0.5, 0.6) is 5.75 Å². The predicted octanol–water partition coefficient (Wildman–Crippen LogP) is 3.60. The van der Waals surface area contributed by atoms with E-state index >= 15 is 0 Å². The summed E-state index contributed by atoms with van der Waals surface area (Å²) in [5.41, 5.74) is 4.68. The Balaban J connectivity index is 1.83. The monoisotopic (exact) mass is 451 g/mol. The van der Waals surface area contributed by atoms with Gasteiger partial charge in [-0.1, -0.05) is 61.5 Å². The van der Waals surface area contributed by atoms with Crippen molar-refractivity contribution < 1.29 is 17.9 Å². The third-order valence-corrected chi connectivity index (χ3v) is 6.54. The first-order valence-corrected chi connectivity index (χ1v) is 11.5. The van der Waals surface area contributed by atoms with Crippen molar-refractivity contribution in [3.63, 3.8) is 0 Å². The SMILES string of the molecule is CCc1ccc(/C=N/NC(=O)CN(c2ccccc2OC)S(=O)(=O)c2ccccc2)cc1. The topological polar surface area (TPSA) is 88.1 Å². The lowest BCUT2D eigenvalue weighted by atomic mass is 10.1. The second-order valence-corrected chi connectivity index (χ2v) is 8.75. The second-order valence-electron chi connectivity index (χ2n) is 6.88. The van der Waals surface area contributed by atoms with Gasteiger partial charge in [-0.2, -0.15) is 5.10 Å². The standard InChI is InChI=1S/C24H25N3O4S/c1-3-19-13-15-20(16-14-19)17-25-26-24(28)18-27(22-11-7-8-12-23(22)31-2)32(29,30)21-9-5-4-6-10-21/h4-17H,3,18H2,1-2H3,(H,26,28)/b25-17+. The second kappa shape index (κ2) is 10.6. The molecule has 3 aromatic rings. The molecule has 8 heteroatoms. The summed E-state index contributed by atoms with van der Waals surface area (Å²) in [4.78, 5) is 12.7. The van der Waals surface area contributed by atoms with Gasteiger partial charge in [0.05, 0.1) is 23.9 Å². The molecule has 1 N–H and O–H groups in total. The number of aryl methyl sites for hydroxylation is 1. The Morgan fingerprint density at radius 2 is 1.66 bits per heavy atom. The fraction of sp³-hybridized carbons (Fsp3) is 0.167. The number of para-hydroxylation sites is 2. The zero-order chi connectivity index (χ0) is 23.0. The van der Waals surface area contributed by atoms with E-state index < -0.39 is 22.5 Å². The predicted molar refractivity (Wildman–Crippen MR) is 126 cm³/mol. The first-order valence-electron chi connectivity index (χ1n) is 10.1. The van der Waals surface area contributed by atoms with Crippen LogP contribution >= 0.6 is 0 Å². The molecule has 3 aromatic carbocycles. The minimum absolute atomic E-state index is 0.0678. The van der Waals surface area contributed by atoms with Crippen molar-refractivity contribution >= 4 is 27.8 Å². The Kier molecular flexibility index (Phi) is 7.62. The lowest BCUT2D eigenvalue weighted by molar-refractivity contribution is -0.119. The molecule has 166 valence electrons. The van der Waals surface area contributed by atoms with Crippen LogP contribution in [-0.4, -0.2) is 34.2 Å². The number of rotatable bonds is 9. The van der Waals surface area contributed by atoms with Crippen molar-refractivity contribution in [1.82, 2.24) is 5.43 Å². The molecule has 0 saturated heterocycles. The first-order chi connectivity index (χ1) is 15.5. The minimum Gasteiger partial charge on any atom is -0.495 e. The van der Waals surface area contributed by atoms with Crippen LogP contribution in [0.4, 0.5) is 5.69 Å². The lowest BCUT2D eigenvalue weighted by Gasteiger charge is -2.25. The number of sulfonamides is 1. The number of amides is 1. The number of methoxy groups -OCH3 is 1. The maximum atomic E-state index is 13.3. The Morgan fingerprint density at radius 3 is 2.31 bits per heavy atom. The zero-order valence-corrected chi connectivity index (χ0v) is 18.7. The van der Waals surface area contributed by atoms with Crippen molar-refractivity contribution in [3.8, 4) is 5.75 Å². The maximum Gasteiger partial charge on any atom is 0.264 e. The molecule has 7 nitrogen and oxygen atoms in total. The van der Waals surface area contributed by atoms with Gasteiger partial charge < -0.3 is 4.74 Å². The number of carbonyl (C=O) groups excluding carboxylic acids is 1. The molecule has 3 rings (SSSR count). The van der Waals surface area contributed by atoms with Crippen molar-refractivity contribution in [2.45, 2.75) is 18.2 Å². The molecule has 0 aliphatic heterocycles. The number of hydrazone groups is 1. The van der Waals surface area contributed by atoms with E-state index in [0.717, 1.165) is 16.3 Å². The van der Waals surface area contributed by atoms with E-state index in [-0.39, 0.29) is 10.6 Å². The van der Waals surface area contributed by atoms with Crippen LogP contribution < -0.4 is 14.5 Å². The molecular weight excluding hydrogens is 426 g/mol. The Morgan fingerprint density at radius 1 is 1.00 bits per heavy atom. The van der Waals surface area contributed by atoms with E-state index in [9.17, 15) is 13.2 Å². The summed E-state index contributed by atoms with van der Waals surface area (Å²) < 4.78 is 33.0. The van der Waals surface area contributed by atoms with E-state index in [1.807, 2.05) is 24.3 Å². The maximum absolute atomic E-state index is 13.3. The summed E-state index contributed by atoms with van der Waals surface area (Å²) in [6.45, 7) is 1.60. The van der Waals surface area contributed by atoms with E-state index in [1.165, 1.54) is 31.0 Å². The molecule has 0 aliphatic carbocycles. The van der Waals surface area contributed by atoms with Crippen molar-refractivity contribution in [3.05, 3.63) is 90.0 Å². The summed E-state index contributed by atoms with van der Waals surface area (Å²) in [6, 6.07) is 22.3. The molecule has 0 fully saturated rings. The van der Waals surface area contributed by atoms with Gasteiger partial charge in [-0.3, -0.25) is 9.10 Å². The molecular formula is C24H25N3O4S. The molecule has 0 aliphatic rings. The van der Waals surface area contributed by atoms with E-state index in [4.69, 9.17) is 4.74 Å². The van der Waals surface area contributed by atoms with E-state index in [1.54, 1.807) is 42.5 Å². The largest absolute Gasteiger partial charge is 0.495 e. The van der Waals surface area contributed by atoms with Gasteiger partial charge in [-0.25, -0.2) is 13.8 Å². The van der Waals surface area contributed by atoms with Gasteiger partial charge in [0.2, 0.25) is 0 Å². The summed E-state index contributed by atoms with van der Waals surface area (Å²) in [7, 11) is -2.58. The summed E-state index contributed by atoms with van der Waals surface area (Å²) in [6.07, 6.45) is 2.44. The molecule has 0 bridgehead atoms. The number of hydrogen-bond acceptors (Lipinski definition) is 5. The highest BCUT2D eigenvalue weighted by Crippen LogP contribution is 2.31. The molecule has 0 aromatic heterocycles. The third kappa shape index (κ3) is 5.53. The molecule has 0 saturated carbocycles. The fourth-order valence-electron chi connectivity index (χ4n) is 3.04. The molecule has 0 heterocycles. The average molecular weight is 452 g/mol. The van der Waals surface area contributed by atoms with E-state index in [0.29, 0.717) is 5.75 Å². The highest BCUT2D eigenvalue weighted by Gasteiger charge is 2.29. The van der Waals surface area contributed by atoms with Crippen molar-refractivity contribution in [2.24, 2.45) is 5.10 Å². The number of anilines is 1. The van der Waals surface area contributed by atoms with Gasteiger partial charge in [0.25, 0.3) is 15.9 Å². The van der Waals surface area contributed by atoms with Gasteiger partial charge in [0.15, 0.2) is 0 Å².